The molecular formula is C18H21N3O4. The number of hydrogen-bond acceptors (Lipinski definition) is 5. The van der Waals surface area contributed by atoms with Crippen LogP contribution in [0, 0.1) is 0 Å². The predicted octanol–water partition coefficient (Wildman–Crippen LogP) is 2.49. The number of amides is 2. The van der Waals surface area contributed by atoms with Gasteiger partial charge in [-0.1, -0.05) is 0 Å². The van der Waals surface area contributed by atoms with E-state index in [9.17, 15) is 9.59 Å². The summed E-state index contributed by atoms with van der Waals surface area (Å²) >= 11 is 0. The van der Waals surface area contributed by atoms with E-state index in [1.54, 1.807) is 18.2 Å². The van der Waals surface area contributed by atoms with Crippen LogP contribution in [0.4, 0.5) is 5.69 Å². The Labute approximate surface area is 146 Å². The van der Waals surface area contributed by atoms with Crippen LogP contribution in [0.5, 0.6) is 11.5 Å². The van der Waals surface area contributed by atoms with E-state index >= 15 is 0 Å². The summed E-state index contributed by atoms with van der Waals surface area (Å²) in [5.74, 6) is 0.417. The summed E-state index contributed by atoms with van der Waals surface area (Å²) in [6.07, 6.45) is 2.83. The molecular weight excluding hydrogens is 322 g/mol. The molecule has 0 radical (unpaired) electrons. The maximum absolute atomic E-state index is 12.4. The van der Waals surface area contributed by atoms with Crippen LogP contribution in [0.3, 0.4) is 0 Å². The average molecular weight is 343 g/mol. The molecule has 0 spiro atoms. The van der Waals surface area contributed by atoms with Crippen LogP contribution in [-0.4, -0.2) is 37.1 Å². The molecule has 7 nitrogen and oxygen atoms in total. The summed E-state index contributed by atoms with van der Waals surface area (Å²) in [5.41, 5.74) is 1.15. The van der Waals surface area contributed by atoms with Gasteiger partial charge in [0.05, 0.1) is 25.3 Å². The average Bonchev–Trinajstić information content (AvgIpc) is 2.61. The molecule has 0 bridgehead atoms. The molecule has 0 aliphatic heterocycles. The van der Waals surface area contributed by atoms with Gasteiger partial charge in [-0.15, -0.1) is 0 Å². The summed E-state index contributed by atoms with van der Waals surface area (Å²) < 4.78 is 10.4. The summed E-state index contributed by atoms with van der Waals surface area (Å²) in [6.45, 7) is 3.72. The van der Waals surface area contributed by atoms with E-state index in [1.807, 2.05) is 13.8 Å². The van der Waals surface area contributed by atoms with Crippen LogP contribution >= 0.6 is 0 Å². The highest BCUT2D eigenvalue weighted by atomic mass is 16.5. The van der Waals surface area contributed by atoms with Crippen molar-refractivity contribution < 1.29 is 19.1 Å². The lowest BCUT2D eigenvalue weighted by Gasteiger charge is -2.11. The normalized spacial score (nSPS) is 10.3. The van der Waals surface area contributed by atoms with E-state index in [0.717, 1.165) is 0 Å². The number of carbonyl (C=O) groups excluding carboxylic acids is 2. The van der Waals surface area contributed by atoms with E-state index < -0.39 is 0 Å². The zero-order chi connectivity index (χ0) is 18.4. The number of nitrogens with zero attached hydrogens (tertiary/aromatic N) is 1. The molecule has 0 saturated heterocycles. The van der Waals surface area contributed by atoms with Crippen molar-refractivity contribution in [2.45, 2.75) is 19.9 Å². The Morgan fingerprint density at radius 2 is 1.60 bits per heavy atom. The minimum Gasteiger partial charge on any atom is -0.493 e. The van der Waals surface area contributed by atoms with Gasteiger partial charge in [0.1, 0.15) is 0 Å². The third-order valence-electron chi connectivity index (χ3n) is 3.32. The standard InChI is InChI=1S/C18H21N3O4/c1-11(2)20-17(22)12-7-13(10-19-9-12)18(23)21-14-5-6-15(24-3)16(8-14)25-4/h5-11H,1-4H3,(H,20,22)(H,21,23). The van der Waals surface area contributed by atoms with Gasteiger partial charge in [-0.25, -0.2) is 0 Å². The molecule has 2 rings (SSSR count). The Bertz CT molecular complexity index is 775. The zero-order valence-corrected chi connectivity index (χ0v) is 14.6. The molecule has 2 aromatic rings. The molecule has 0 saturated carbocycles. The van der Waals surface area contributed by atoms with Crippen LogP contribution in [0.1, 0.15) is 34.6 Å². The largest absolute Gasteiger partial charge is 0.493 e. The maximum Gasteiger partial charge on any atom is 0.257 e. The number of hydrogen-bond donors (Lipinski definition) is 2. The fourth-order valence-corrected chi connectivity index (χ4v) is 2.15. The molecule has 0 unspecified atom stereocenters. The Kier molecular flexibility index (Phi) is 5.94. The molecule has 0 aliphatic rings. The number of nitrogens with one attached hydrogen (secondary N) is 2. The molecule has 2 N–H and O–H groups in total. The van der Waals surface area contributed by atoms with Crippen molar-refractivity contribution in [3.63, 3.8) is 0 Å². The van der Waals surface area contributed by atoms with Crippen LogP contribution in [0.25, 0.3) is 0 Å². The Hall–Kier alpha value is -3.09. The smallest absolute Gasteiger partial charge is 0.257 e. The zero-order valence-electron chi connectivity index (χ0n) is 14.6. The number of anilines is 1. The predicted molar refractivity (Wildman–Crippen MR) is 94.3 cm³/mol. The molecule has 0 aliphatic carbocycles. The molecule has 1 heterocycles. The van der Waals surface area contributed by atoms with E-state index in [1.165, 1.54) is 32.7 Å². The summed E-state index contributed by atoms with van der Waals surface area (Å²) in [6, 6.07) is 6.54. The second kappa shape index (κ2) is 8.14. The number of pyridine rings is 1. The molecule has 0 atom stereocenters. The highest BCUT2D eigenvalue weighted by Crippen LogP contribution is 2.29. The highest BCUT2D eigenvalue weighted by molar-refractivity contribution is 6.06. The van der Waals surface area contributed by atoms with Crippen LogP contribution < -0.4 is 20.1 Å². The third-order valence-corrected chi connectivity index (χ3v) is 3.32. The van der Waals surface area contributed by atoms with Crippen molar-refractivity contribution in [2.75, 3.05) is 19.5 Å². The molecule has 2 amide bonds. The van der Waals surface area contributed by atoms with E-state index in [-0.39, 0.29) is 23.4 Å². The van der Waals surface area contributed by atoms with Crippen molar-refractivity contribution in [3.8, 4) is 11.5 Å². The quantitative estimate of drug-likeness (QED) is 0.841. The summed E-state index contributed by atoms with van der Waals surface area (Å²) in [4.78, 5) is 28.4. The van der Waals surface area contributed by atoms with Crippen molar-refractivity contribution in [1.29, 1.82) is 0 Å². The van der Waals surface area contributed by atoms with Crippen LogP contribution in [0.15, 0.2) is 36.7 Å². The van der Waals surface area contributed by atoms with E-state index in [0.29, 0.717) is 22.7 Å². The second-order valence-corrected chi connectivity index (χ2v) is 5.61. The van der Waals surface area contributed by atoms with Gasteiger partial charge in [0, 0.05) is 30.2 Å². The first-order valence-corrected chi connectivity index (χ1v) is 7.74. The monoisotopic (exact) mass is 343 g/mol. The van der Waals surface area contributed by atoms with Gasteiger partial charge in [0.15, 0.2) is 11.5 Å². The van der Waals surface area contributed by atoms with Gasteiger partial charge in [-0.3, -0.25) is 14.6 Å². The van der Waals surface area contributed by atoms with Gasteiger partial charge in [-0.2, -0.15) is 0 Å². The van der Waals surface area contributed by atoms with Gasteiger partial charge in [0.25, 0.3) is 11.8 Å². The van der Waals surface area contributed by atoms with E-state index in [4.69, 9.17) is 9.47 Å². The first-order valence-electron chi connectivity index (χ1n) is 7.74. The van der Waals surface area contributed by atoms with Gasteiger partial charge in [-0.05, 0) is 32.0 Å². The van der Waals surface area contributed by atoms with Gasteiger partial charge < -0.3 is 20.1 Å². The number of aromatic nitrogens is 1. The number of carbonyl (C=O) groups is 2. The van der Waals surface area contributed by atoms with Gasteiger partial charge >= 0.3 is 0 Å². The fraction of sp³-hybridized carbons (Fsp3) is 0.278. The number of methoxy groups -OCH3 is 2. The number of ether oxygens (including phenoxy) is 2. The van der Waals surface area contributed by atoms with Crippen molar-refractivity contribution in [2.24, 2.45) is 0 Å². The first-order chi connectivity index (χ1) is 11.9. The second-order valence-electron chi connectivity index (χ2n) is 5.61. The van der Waals surface area contributed by atoms with Crippen molar-refractivity contribution in [3.05, 3.63) is 47.8 Å². The summed E-state index contributed by atoms with van der Waals surface area (Å²) in [5, 5.41) is 5.51. The Balaban J connectivity index is 2.17. The maximum atomic E-state index is 12.4. The molecule has 0 fully saturated rings. The molecule has 1 aromatic heterocycles. The molecule has 7 heteroatoms. The van der Waals surface area contributed by atoms with Gasteiger partial charge in [0.2, 0.25) is 0 Å². The minimum atomic E-state index is -0.376. The van der Waals surface area contributed by atoms with Crippen LogP contribution in [-0.2, 0) is 0 Å². The fourth-order valence-electron chi connectivity index (χ4n) is 2.15. The Morgan fingerprint density at radius 3 is 2.20 bits per heavy atom. The molecule has 132 valence electrons. The SMILES string of the molecule is COc1ccc(NC(=O)c2cncc(C(=O)NC(C)C)c2)cc1OC. The van der Waals surface area contributed by atoms with Crippen LogP contribution in [0.2, 0.25) is 0 Å². The third kappa shape index (κ3) is 4.69. The first kappa shape index (κ1) is 18.3. The highest BCUT2D eigenvalue weighted by Gasteiger charge is 2.13. The molecule has 1 aromatic carbocycles. The molecule has 25 heavy (non-hydrogen) atoms. The summed E-state index contributed by atoms with van der Waals surface area (Å²) in [7, 11) is 3.06. The number of rotatable bonds is 6. The Morgan fingerprint density at radius 1 is 0.960 bits per heavy atom. The lowest BCUT2D eigenvalue weighted by Crippen LogP contribution is -2.30. The van der Waals surface area contributed by atoms with Crippen molar-refractivity contribution in [1.82, 2.24) is 10.3 Å². The van der Waals surface area contributed by atoms with E-state index in [2.05, 4.69) is 15.6 Å². The van der Waals surface area contributed by atoms with Crippen molar-refractivity contribution >= 4 is 17.5 Å². The lowest BCUT2D eigenvalue weighted by molar-refractivity contribution is 0.0942. The minimum absolute atomic E-state index is 0.00301. The topological polar surface area (TPSA) is 89.5 Å². The lowest BCUT2D eigenvalue weighted by atomic mass is 10.1. The number of benzene rings is 1.